The van der Waals surface area contributed by atoms with Crippen LogP contribution in [0.5, 0.6) is 0 Å². The molecule has 0 rings (SSSR count). The normalized spacial score (nSPS) is 13.7. The van der Waals surface area contributed by atoms with Crippen molar-refractivity contribution in [3.05, 3.63) is 0 Å². The zero-order chi connectivity index (χ0) is 23.7. The molecule has 0 saturated carbocycles. The molecule has 0 spiro atoms. The molecule has 191 valence electrons. The molecule has 0 bridgehead atoms. The summed E-state index contributed by atoms with van der Waals surface area (Å²) >= 11 is -2.91. The Morgan fingerprint density at radius 1 is 0.719 bits per heavy atom. The molecule has 0 aliphatic carbocycles. The topological polar surface area (TPSA) is 124 Å². The molecule has 2 N–H and O–H groups in total. The van der Waals surface area contributed by atoms with Gasteiger partial charge in [-0.2, -0.15) is 0 Å². The van der Waals surface area contributed by atoms with Crippen molar-refractivity contribution in [1.29, 1.82) is 0 Å². The first-order valence-corrected chi connectivity index (χ1v) is 16.3. The van der Waals surface area contributed by atoms with Crippen molar-refractivity contribution in [1.82, 2.24) is 0 Å². The molecule has 0 heterocycles. The summed E-state index contributed by atoms with van der Waals surface area (Å²) in [7, 11) is 0. The van der Waals surface area contributed by atoms with E-state index in [2.05, 4.69) is 0 Å². The van der Waals surface area contributed by atoms with Gasteiger partial charge in [0.1, 0.15) is 0 Å². The van der Waals surface area contributed by atoms with Crippen molar-refractivity contribution in [3.8, 4) is 0 Å². The Hall–Kier alpha value is 0.646. The van der Waals surface area contributed by atoms with Crippen LogP contribution in [-0.4, -0.2) is 140 Å². The van der Waals surface area contributed by atoms with E-state index in [-0.39, 0.29) is 32.0 Å². The minimum Gasteiger partial charge on any atom is -0.394 e. The van der Waals surface area contributed by atoms with Crippen LogP contribution in [-0.2, 0) is 38.7 Å². The standard InChI is InChI=1S/C19H41Ge2O11/c1-18(14-25-6-4-22)15-28-17-27-10-13-31-21(3)32-20-30-12-9-24-8-11-29-19(2)16-26-7-5-23/h18-19,22-23H,4-17H2,1-3H3. The molecule has 0 aliphatic heterocycles. The molecule has 13 heteroatoms. The van der Waals surface area contributed by atoms with E-state index in [1.54, 1.807) is 0 Å². The number of hydrogen-bond donors (Lipinski definition) is 2. The number of ether oxygens (including phenoxy) is 6. The van der Waals surface area contributed by atoms with Crippen molar-refractivity contribution >= 4 is 31.1 Å². The predicted molar refractivity (Wildman–Crippen MR) is 118 cm³/mol. The monoisotopic (exact) mass is 593 g/mol. The molecule has 2 unspecified atom stereocenters. The van der Waals surface area contributed by atoms with E-state index in [1.165, 1.54) is 0 Å². The fraction of sp³-hybridized carbons (Fsp3) is 1.00. The SMILES string of the molecule is CC(COCCO)COCOCC[O][Ge]([CH3])[O][Ge][O]CCOCCOC(C)COCCO. The van der Waals surface area contributed by atoms with E-state index in [1.807, 2.05) is 19.6 Å². The summed E-state index contributed by atoms with van der Waals surface area (Å²) in [5, 5.41) is 17.3. The van der Waals surface area contributed by atoms with E-state index in [9.17, 15) is 0 Å². The molecule has 0 aromatic carbocycles. The van der Waals surface area contributed by atoms with Gasteiger partial charge in [-0.1, -0.05) is 0 Å². The molecule has 0 aromatic rings. The number of hydrogen-bond acceptors (Lipinski definition) is 11. The molecule has 0 aliphatic rings. The molecule has 2 atom stereocenters. The van der Waals surface area contributed by atoms with Crippen LogP contribution in [0, 0.1) is 5.92 Å². The molecule has 0 saturated heterocycles. The summed E-state index contributed by atoms with van der Waals surface area (Å²) in [6.45, 7) is 9.31. The van der Waals surface area contributed by atoms with Gasteiger partial charge in [0.15, 0.2) is 0 Å². The van der Waals surface area contributed by atoms with Gasteiger partial charge in [0, 0.05) is 0 Å². The first-order chi connectivity index (χ1) is 15.6. The van der Waals surface area contributed by atoms with Gasteiger partial charge in [-0.25, -0.2) is 0 Å². The average Bonchev–Trinajstić information content (AvgIpc) is 2.77. The maximum atomic E-state index is 8.65. The first-order valence-electron chi connectivity index (χ1n) is 10.8. The Morgan fingerprint density at radius 2 is 1.38 bits per heavy atom. The molecular weight excluding hydrogens is 549 g/mol. The van der Waals surface area contributed by atoms with Gasteiger partial charge >= 0.3 is 194 Å². The second-order valence-electron chi connectivity index (χ2n) is 6.77. The number of rotatable bonds is 26. The van der Waals surface area contributed by atoms with Gasteiger partial charge in [-0.05, 0) is 0 Å². The minimum absolute atomic E-state index is 0.0185. The van der Waals surface area contributed by atoms with Crippen LogP contribution in [0.2, 0.25) is 5.76 Å². The van der Waals surface area contributed by atoms with E-state index in [0.29, 0.717) is 72.7 Å². The van der Waals surface area contributed by atoms with Crippen LogP contribution >= 0.6 is 0 Å². The van der Waals surface area contributed by atoms with Crippen molar-refractivity contribution in [2.45, 2.75) is 25.7 Å². The van der Waals surface area contributed by atoms with Gasteiger partial charge in [-0.15, -0.1) is 0 Å². The van der Waals surface area contributed by atoms with Crippen molar-refractivity contribution < 1.29 is 49.0 Å². The van der Waals surface area contributed by atoms with Crippen LogP contribution in [0.25, 0.3) is 0 Å². The van der Waals surface area contributed by atoms with Crippen molar-refractivity contribution in [2.75, 3.05) is 92.7 Å². The van der Waals surface area contributed by atoms with Gasteiger partial charge in [0.2, 0.25) is 0 Å². The second-order valence-corrected chi connectivity index (χ2v) is 13.0. The smallest absolute Gasteiger partial charge is 0.394 e. The van der Waals surface area contributed by atoms with Crippen molar-refractivity contribution in [3.63, 3.8) is 0 Å². The molecular formula is C19H41Ge2O11. The van der Waals surface area contributed by atoms with E-state index >= 15 is 0 Å². The van der Waals surface area contributed by atoms with E-state index < -0.39 is 31.1 Å². The Kier molecular flexibility index (Phi) is 26.8. The minimum atomic E-state index is -1.97. The summed E-state index contributed by atoms with van der Waals surface area (Å²) in [5.41, 5.74) is 0. The van der Waals surface area contributed by atoms with Gasteiger partial charge < -0.3 is 10.2 Å². The first kappa shape index (κ1) is 32.6. The van der Waals surface area contributed by atoms with Crippen LogP contribution in [0.1, 0.15) is 13.8 Å². The Balaban J connectivity index is 3.27. The molecule has 3 radical (unpaired) electrons. The summed E-state index contributed by atoms with van der Waals surface area (Å²) in [5.74, 6) is 2.23. The number of aliphatic hydroxyl groups is 2. The molecule has 0 aromatic heterocycles. The second kappa shape index (κ2) is 26.3. The fourth-order valence-corrected chi connectivity index (χ4v) is 6.23. The van der Waals surface area contributed by atoms with Gasteiger partial charge in [0.25, 0.3) is 0 Å². The van der Waals surface area contributed by atoms with Crippen molar-refractivity contribution in [2.24, 2.45) is 5.92 Å². The Bertz CT molecular complexity index is 372. The molecule has 32 heavy (non-hydrogen) atoms. The van der Waals surface area contributed by atoms with Crippen LogP contribution < -0.4 is 0 Å². The third-order valence-corrected chi connectivity index (χ3v) is 10.3. The summed E-state index contributed by atoms with van der Waals surface area (Å²) in [4.78, 5) is 0. The predicted octanol–water partition coefficient (Wildman–Crippen LogP) is -0.245. The van der Waals surface area contributed by atoms with Crippen LogP contribution in [0.3, 0.4) is 0 Å². The van der Waals surface area contributed by atoms with E-state index in [4.69, 9.17) is 49.0 Å². The van der Waals surface area contributed by atoms with E-state index in [0.717, 1.165) is 0 Å². The Morgan fingerprint density at radius 3 is 2.12 bits per heavy atom. The summed E-state index contributed by atoms with van der Waals surface area (Å²) < 4.78 is 49.0. The molecule has 0 fully saturated rings. The zero-order valence-corrected chi connectivity index (χ0v) is 23.8. The summed E-state index contributed by atoms with van der Waals surface area (Å²) in [6.07, 6.45) is -0.0292. The molecule has 0 amide bonds. The third-order valence-electron chi connectivity index (χ3n) is 3.53. The maximum absolute atomic E-state index is 8.65. The van der Waals surface area contributed by atoms with Gasteiger partial charge in [0.05, 0.1) is 0 Å². The summed E-state index contributed by atoms with van der Waals surface area (Å²) in [6, 6.07) is 0. The average molecular weight is 591 g/mol. The Labute approximate surface area is 204 Å². The number of aliphatic hydroxyl groups excluding tert-OH is 2. The quantitative estimate of drug-likeness (QED) is 0.0788. The van der Waals surface area contributed by atoms with Crippen LogP contribution in [0.15, 0.2) is 0 Å². The fourth-order valence-electron chi connectivity index (χ4n) is 2.04. The zero-order valence-electron chi connectivity index (χ0n) is 19.6. The third kappa shape index (κ3) is 25.3. The van der Waals surface area contributed by atoms with Gasteiger partial charge in [-0.3, -0.25) is 0 Å². The molecule has 11 nitrogen and oxygen atoms in total. The van der Waals surface area contributed by atoms with Crippen LogP contribution in [0.4, 0.5) is 0 Å².